The van der Waals surface area contributed by atoms with Gasteiger partial charge in [0.05, 0.1) is 11.4 Å². The third kappa shape index (κ3) is 3.23. The van der Waals surface area contributed by atoms with Crippen LogP contribution in [0.1, 0.15) is 17.7 Å². The Balaban J connectivity index is 1.26. The first-order chi connectivity index (χ1) is 10.9. The van der Waals surface area contributed by atoms with E-state index in [4.69, 9.17) is 0 Å². The highest BCUT2D eigenvalue weighted by atomic mass is 32.1. The first-order valence-corrected chi connectivity index (χ1v) is 9.47. The van der Waals surface area contributed by atoms with Crippen LogP contribution in [0.5, 0.6) is 0 Å². The number of piperazine rings is 1. The quantitative estimate of drug-likeness (QED) is 0.771. The van der Waals surface area contributed by atoms with Crippen molar-refractivity contribution in [3.63, 3.8) is 0 Å². The summed E-state index contributed by atoms with van der Waals surface area (Å²) in [6.45, 7) is 9.77. The molecule has 4 aliphatic heterocycles. The Kier molecular flexibility index (Phi) is 4.49. The maximum atomic E-state index is 3.34. The summed E-state index contributed by atoms with van der Waals surface area (Å²) in [5.41, 5.74) is 0. The molecule has 1 aromatic heterocycles. The lowest BCUT2D eigenvalue weighted by atomic mass is 9.83. The van der Waals surface area contributed by atoms with E-state index in [9.17, 15) is 0 Å². The summed E-state index contributed by atoms with van der Waals surface area (Å²) in [5, 5.41) is 2.09. The van der Waals surface area contributed by atoms with Gasteiger partial charge in [-0.2, -0.15) is 0 Å². The van der Waals surface area contributed by atoms with E-state index in [1.165, 1.54) is 63.5 Å². The molecule has 5 rings (SSSR count). The number of nitrogens with zero attached hydrogens (tertiary/aromatic N) is 3. The van der Waals surface area contributed by atoms with Crippen molar-refractivity contribution in [1.29, 1.82) is 0 Å². The third-order valence-corrected chi connectivity index (χ3v) is 6.32. The second kappa shape index (κ2) is 6.72. The lowest BCUT2D eigenvalue weighted by Gasteiger charge is -2.50. The van der Waals surface area contributed by atoms with Gasteiger partial charge in [-0.15, -0.1) is 11.3 Å². The summed E-state index contributed by atoms with van der Waals surface area (Å²) in [4.78, 5) is 9.13. The largest absolute Gasteiger partial charge is 0.302 e. The van der Waals surface area contributed by atoms with Gasteiger partial charge in [-0.25, -0.2) is 0 Å². The summed E-state index contributed by atoms with van der Waals surface area (Å²) in [5.74, 6) is 7.58. The van der Waals surface area contributed by atoms with Gasteiger partial charge in [0, 0.05) is 38.8 Å². The van der Waals surface area contributed by atoms with Gasteiger partial charge in [0.15, 0.2) is 0 Å². The molecular weight excluding hydrogens is 290 g/mol. The fourth-order valence-corrected chi connectivity index (χ4v) is 4.78. The second-order valence-electron chi connectivity index (χ2n) is 6.80. The molecule has 0 aliphatic carbocycles. The van der Waals surface area contributed by atoms with Crippen LogP contribution in [0.15, 0.2) is 17.5 Å². The second-order valence-corrected chi connectivity index (χ2v) is 7.74. The average Bonchev–Trinajstić information content (AvgIpc) is 3.10. The molecule has 3 nitrogen and oxygen atoms in total. The number of hydrogen-bond acceptors (Lipinski definition) is 4. The zero-order chi connectivity index (χ0) is 14.8. The van der Waals surface area contributed by atoms with Crippen molar-refractivity contribution in [2.24, 2.45) is 5.92 Å². The SMILES string of the molecule is C(#Cc1cccs1)CN1CCN([C@H]2CN3CCC2CC3)CC1. The van der Waals surface area contributed by atoms with Crippen LogP contribution in [0.4, 0.5) is 0 Å². The molecule has 4 heteroatoms. The molecule has 4 aliphatic rings. The van der Waals surface area contributed by atoms with E-state index in [-0.39, 0.29) is 0 Å². The van der Waals surface area contributed by atoms with Gasteiger partial charge >= 0.3 is 0 Å². The molecule has 0 N–H and O–H groups in total. The molecule has 2 bridgehead atoms. The molecule has 0 amide bonds. The van der Waals surface area contributed by atoms with Crippen LogP contribution in [0, 0.1) is 17.8 Å². The van der Waals surface area contributed by atoms with Crippen molar-refractivity contribution >= 4 is 11.3 Å². The van der Waals surface area contributed by atoms with Crippen molar-refractivity contribution < 1.29 is 0 Å². The normalized spacial score (nSPS) is 32.6. The Bertz CT molecular complexity index is 528. The van der Waals surface area contributed by atoms with Crippen LogP contribution in [0.2, 0.25) is 0 Å². The summed E-state index contributed by atoms with van der Waals surface area (Å²) < 4.78 is 0. The number of fused-ring (bicyclic) bond motifs is 3. The first-order valence-electron chi connectivity index (χ1n) is 8.59. The molecular formula is C18H25N3S. The summed E-state index contributed by atoms with van der Waals surface area (Å²) >= 11 is 1.73. The Morgan fingerprint density at radius 2 is 1.91 bits per heavy atom. The fourth-order valence-electron chi connectivity index (χ4n) is 4.19. The van der Waals surface area contributed by atoms with E-state index in [0.29, 0.717) is 0 Å². The minimum atomic E-state index is 0.835. The Morgan fingerprint density at radius 1 is 1.09 bits per heavy atom. The average molecular weight is 315 g/mol. The molecule has 22 heavy (non-hydrogen) atoms. The third-order valence-electron chi connectivity index (χ3n) is 5.53. The van der Waals surface area contributed by atoms with Crippen molar-refractivity contribution in [1.82, 2.24) is 14.7 Å². The van der Waals surface area contributed by atoms with E-state index >= 15 is 0 Å². The maximum absolute atomic E-state index is 3.34. The summed E-state index contributed by atoms with van der Waals surface area (Å²) in [7, 11) is 0. The van der Waals surface area contributed by atoms with E-state index in [1.54, 1.807) is 11.3 Å². The standard InChI is InChI=1S/C18H25N3S/c1(3-17-4-2-14-22-17)7-19-10-12-21(13-11-19)18-15-20-8-5-16(18)6-9-20/h2,4,14,16,18H,5-13,15H2/t18-/m0/s1. The maximum Gasteiger partial charge on any atom is 0.0768 e. The highest BCUT2D eigenvalue weighted by Gasteiger charge is 2.38. The molecule has 5 heterocycles. The Labute approximate surface area is 137 Å². The van der Waals surface area contributed by atoms with Crippen LogP contribution in [-0.2, 0) is 0 Å². The Hall–Kier alpha value is -0.860. The van der Waals surface area contributed by atoms with Gasteiger partial charge in [0.25, 0.3) is 0 Å². The smallest absolute Gasteiger partial charge is 0.0768 e. The van der Waals surface area contributed by atoms with E-state index in [1.807, 2.05) is 0 Å². The molecule has 0 radical (unpaired) electrons. The minimum Gasteiger partial charge on any atom is -0.302 e. The molecule has 4 fully saturated rings. The molecule has 4 saturated heterocycles. The van der Waals surface area contributed by atoms with E-state index in [2.05, 4.69) is 44.1 Å². The molecule has 1 atom stereocenters. The van der Waals surface area contributed by atoms with E-state index in [0.717, 1.165) is 18.5 Å². The predicted octanol–water partition coefficient (Wildman–Crippen LogP) is 1.81. The number of rotatable bonds is 2. The molecule has 0 aromatic carbocycles. The zero-order valence-electron chi connectivity index (χ0n) is 13.2. The van der Waals surface area contributed by atoms with Crippen LogP contribution in [0.25, 0.3) is 0 Å². The number of piperidine rings is 3. The Morgan fingerprint density at radius 3 is 2.55 bits per heavy atom. The van der Waals surface area contributed by atoms with Gasteiger partial charge in [-0.3, -0.25) is 9.80 Å². The monoisotopic (exact) mass is 315 g/mol. The minimum absolute atomic E-state index is 0.835. The molecule has 0 saturated carbocycles. The fraction of sp³-hybridized carbons (Fsp3) is 0.667. The van der Waals surface area contributed by atoms with Crippen LogP contribution >= 0.6 is 11.3 Å². The van der Waals surface area contributed by atoms with Crippen LogP contribution < -0.4 is 0 Å². The van der Waals surface area contributed by atoms with E-state index < -0.39 is 0 Å². The molecule has 1 aromatic rings. The van der Waals surface area contributed by atoms with Gasteiger partial charge in [-0.1, -0.05) is 17.9 Å². The lowest BCUT2D eigenvalue weighted by molar-refractivity contribution is -0.0135. The molecule has 0 unspecified atom stereocenters. The van der Waals surface area contributed by atoms with Crippen molar-refractivity contribution in [3.05, 3.63) is 22.4 Å². The van der Waals surface area contributed by atoms with Crippen molar-refractivity contribution in [2.45, 2.75) is 18.9 Å². The predicted molar refractivity (Wildman–Crippen MR) is 92.2 cm³/mol. The highest BCUT2D eigenvalue weighted by Crippen LogP contribution is 2.31. The lowest BCUT2D eigenvalue weighted by Crippen LogP contribution is -2.61. The summed E-state index contributed by atoms with van der Waals surface area (Å²) in [6, 6.07) is 5.01. The van der Waals surface area contributed by atoms with Gasteiger partial charge in [0.1, 0.15) is 0 Å². The van der Waals surface area contributed by atoms with Gasteiger partial charge < -0.3 is 4.90 Å². The van der Waals surface area contributed by atoms with Gasteiger partial charge in [0.2, 0.25) is 0 Å². The number of hydrogen-bond donors (Lipinski definition) is 0. The first kappa shape index (κ1) is 14.7. The van der Waals surface area contributed by atoms with Gasteiger partial charge in [-0.05, 0) is 43.3 Å². The number of thiophene rings is 1. The zero-order valence-corrected chi connectivity index (χ0v) is 14.0. The topological polar surface area (TPSA) is 9.72 Å². The van der Waals surface area contributed by atoms with Crippen LogP contribution in [-0.4, -0.2) is 73.1 Å². The molecule has 0 spiro atoms. The van der Waals surface area contributed by atoms with Crippen molar-refractivity contribution in [3.8, 4) is 11.8 Å². The van der Waals surface area contributed by atoms with Crippen molar-refractivity contribution in [2.75, 3.05) is 52.4 Å². The molecule has 118 valence electrons. The van der Waals surface area contributed by atoms with Crippen LogP contribution in [0.3, 0.4) is 0 Å². The summed E-state index contributed by atoms with van der Waals surface area (Å²) in [6.07, 6.45) is 2.86. The highest BCUT2D eigenvalue weighted by molar-refractivity contribution is 7.10.